The minimum Gasteiger partial charge on any atom is -0.336 e. The zero-order valence-corrected chi connectivity index (χ0v) is 17.9. The van der Waals surface area contributed by atoms with Gasteiger partial charge in [-0.05, 0) is 55.6 Å². The summed E-state index contributed by atoms with van der Waals surface area (Å²) in [4.78, 5) is 30.6. The lowest BCUT2D eigenvalue weighted by Gasteiger charge is -2.25. The van der Waals surface area contributed by atoms with Crippen molar-refractivity contribution in [2.45, 2.75) is 51.1 Å². The van der Waals surface area contributed by atoms with Crippen LogP contribution < -0.4 is 5.56 Å². The maximum atomic E-state index is 12.8. The molecule has 5 nitrogen and oxygen atoms in total. The van der Waals surface area contributed by atoms with Crippen molar-refractivity contribution in [2.24, 2.45) is 0 Å². The van der Waals surface area contributed by atoms with Crippen LogP contribution in [0.2, 0.25) is 0 Å². The van der Waals surface area contributed by atoms with Crippen LogP contribution in [-0.4, -0.2) is 26.9 Å². The molecule has 0 saturated carbocycles. The Bertz CT molecular complexity index is 1140. The fourth-order valence-electron chi connectivity index (χ4n) is 4.36. The normalized spacial score (nSPS) is 16.3. The zero-order valence-electron chi connectivity index (χ0n) is 17.0. The van der Waals surface area contributed by atoms with Gasteiger partial charge in [-0.1, -0.05) is 48.9 Å². The molecule has 0 spiro atoms. The number of hydrogen-bond acceptors (Lipinski definition) is 3. The number of amides is 1. The SMILES string of the molecule is O=C(CCCCCn1c(=S)[nH]c2ccccc2c1=O)N1CCCC1c1ccccc1. The summed E-state index contributed by atoms with van der Waals surface area (Å²) in [6.07, 6.45) is 5.21. The van der Waals surface area contributed by atoms with Gasteiger partial charge in [-0.25, -0.2) is 0 Å². The Morgan fingerprint density at radius 3 is 2.63 bits per heavy atom. The van der Waals surface area contributed by atoms with Crippen LogP contribution in [-0.2, 0) is 11.3 Å². The molecule has 0 bridgehead atoms. The summed E-state index contributed by atoms with van der Waals surface area (Å²) in [7, 11) is 0. The van der Waals surface area contributed by atoms with Gasteiger partial charge < -0.3 is 9.88 Å². The Balaban J connectivity index is 1.30. The molecule has 2 heterocycles. The van der Waals surface area contributed by atoms with E-state index in [1.807, 2.05) is 47.4 Å². The van der Waals surface area contributed by atoms with Gasteiger partial charge in [0.05, 0.1) is 16.9 Å². The van der Waals surface area contributed by atoms with Crippen LogP contribution in [0.1, 0.15) is 50.1 Å². The average molecular weight is 422 g/mol. The number of likely N-dealkylation sites (tertiary alicyclic amines) is 1. The molecule has 1 aliphatic heterocycles. The van der Waals surface area contributed by atoms with E-state index in [1.54, 1.807) is 4.57 Å². The molecule has 30 heavy (non-hydrogen) atoms. The zero-order chi connectivity index (χ0) is 20.9. The number of carbonyl (C=O) groups excluding carboxylic acids is 1. The van der Waals surface area contributed by atoms with Gasteiger partial charge in [0.15, 0.2) is 4.77 Å². The number of para-hydroxylation sites is 1. The third-order valence-electron chi connectivity index (χ3n) is 5.92. The molecule has 0 radical (unpaired) electrons. The molecule has 1 aromatic heterocycles. The highest BCUT2D eigenvalue weighted by Crippen LogP contribution is 2.32. The summed E-state index contributed by atoms with van der Waals surface area (Å²) in [5.74, 6) is 0.238. The molecule has 1 aliphatic rings. The van der Waals surface area contributed by atoms with Crippen LogP contribution in [0.4, 0.5) is 0 Å². The van der Waals surface area contributed by atoms with E-state index < -0.39 is 0 Å². The highest BCUT2D eigenvalue weighted by atomic mass is 32.1. The fourth-order valence-corrected chi connectivity index (χ4v) is 4.64. The minimum atomic E-state index is -0.0480. The van der Waals surface area contributed by atoms with Crippen LogP contribution >= 0.6 is 12.2 Å². The number of fused-ring (bicyclic) bond motifs is 1. The number of nitrogens with one attached hydrogen (secondary N) is 1. The van der Waals surface area contributed by atoms with Crippen molar-refractivity contribution >= 4 is 29.0 Å². The number of carbonyl (C=O) groups is 1. The van der Waals surface area contributed by atoms with Crippen molar-refractivity contribution in [3.05, 3.63) is 75.3 Å². The number of H-pyrrole nitrogens is 1. The number of unbranched alkanes of at least 4 members (excludes halogenated alkanes) is 2. The quantitative estimate of drug-likeness (QED) is 0.432. The third kappa shape index (κ3) is 4.38. The molecule has 1 N–H and O–H groups in total. The molecule has 1 atom stereocenters. The summed E-state index contributed by atoms with van der Waals surface area (Å²) in [5.41, 5.74) is 1.95. The monoisotopic (exact) mass is 421 g/mol. The molecule has 1 amide bonds. The molecule has 2 aromatic carbocycles. The molecule has 1 unspecified atom stereocenters. The minimum absolute atomic E-state index is 0.0480. The molecular formula is C24H27N3O2S. The second-order valence-corrected chi connectivity index (χ2v) is 8.29. The van der Waals surface area contributed by atoms with Gasteiger partial charge >= 0.3 is 0 Å². The Morgan fingerprint density at radius 2 is 1.80 bits per heavy atom. The molecule has 4 rings (SSSR count). The van der Waals surface area contributed by atoms with Crippen molar-refractivity contribution in [3.63, 3.8) is 0 Å². The van der Waals surface area contributed by atoms with Crippen molar-refractivity contribution < 1.29 is 4.79 Å². The van der Waals surface area contributed by atoms with Crippen LogP contribution in [0.15, 0.2) is 59.4 Å². The first-order chi connectivity index (χ1) is 14.6. The van der Waals surface area contributed by atoms with E-state index in [9.17, 15) is 9.59 Å². The topological polar surface area (TPSA) is 58.1 Å². The van der Waals surface area contributed by atoms with E-state index in [-0.39, 0.29) is 17.5 Å². The molecular weight excluding hydrogens is 394 g/mol. The van der Waals surface area contributed by atoms with Gasteiger partial charge in [0.1, 0.15) is 0 Å². The number of aromatic amines is 1. The van der Waals surface area contributed by atoms with E-state index in [0.29, 0.717) is 23.1 Å². The van der Waals surface area contributed by atoms with Crippen molar-refractivity contribution in [2.75, 3.05) is 6.54 Å². The lowest BCUT2D eigenvalue weighted by atomic mass is 10.0. The second-order valence-electron chi connectivity index (χ2n) is 7.90. The van der Waals surface area contributed by atoms with Crippen molar-refractivity contribution in [3.8, 4) is 0 Å². The number of aromatic nitrogens is 2. The molecule has 1 fully saturated rings. The number of nitrogens with zero attached hydrogens (tertiary/aromatic N) is 2. The maximum Gasteiger partial charge on any atom is 0.262 e. The smallest absolute Gasteiger partial charge is 0.262 e. The summed E-state index contributed by atoms with van der Waals surface area (Å²) >= 11 is 5.37. The Labute approximate surface area is 181 Å². The van der Waals surface area contributed by atoms with Gasteiger partial charge in [-0.3, -0.25) is 14.2 Å². The molecule has 0 aliphatic carbocycles. The highest BCUT2D eigenvalue weighted by Gasteiger charge is 2.29. The largest absolute Gasteiger partial charge is 0.336 e. The number of benzene rings is 2. The third-order valence-corrected chi connectivity index (χ3v) is 6.24. The lowest BCUT2D eigenvalue weighted by Crippen LogP contribution is -2.30. The summed E-state index contributed by atoms with van der Waals surface area (Å²) < 4.78 is 2.09. The molecule has 3 aromatic rings. The van der Waals surface area contributed by atoms with Crippen molar-refractivity contribution in [1.82, 2.24) is 14.5 Å². The molecule has 1 saturated heterocycles. The Kier molecular flexibility index (Phi) is 6.43. The first-order valence-corrected chi connectivity index (χ1v) is 11.1. The van der Waals surface area contributed by atoms with Gasteiger partial charge in [-0.2, -0.15) is 0 Å². The predicted octanol–water partition coefficient (Wildman–Crippen LogP) is 4.98. The Hall–Kier alpha value is -2.73. The second kappa shape index (κ2) is 9.39. The predicted molar refractivity (Wildman–Crippen MR) is 122 cm³/mol. The number of hydrogen-bond donors (Lipinski definition) is 1. The number of rotatable bonds is 7. The average Bonchev–Trinajstić information content (AvgIpc) is 3.26. The fraction of sp³-hybridized carbons (Fsp3) is 0.375. The van der Waals surface area contributed by atoms with Crippen LogP contribution in [0.5, 0.6) is 0 Å². The van der Waals surface area contributed by atoms with E-state index >= 15 is 0 Å². The molecule has 156 valence electrons. The Morgan fingerprint density at radius 1 is 1.03 bits per heavy atom. The standard InChI is InChI=1S/C24H27N3O2S/c28-22(26-17-9-14-21(26)18-10-3-1-4-11-18)15-5-2-8-16-27-23(29)19-12-6-7-13-20(19)25-24(27)30/h1,3-4,6-7,10-13,21H,2,5,8-9,14-17H2,(H,25,30). The lowest BCUT2D eigenvalue weighted by molar-refractivity contribution is -0.132. The van der Waals surface area contributed by atoms with Crippen LogP contribution in [0.25, 0.3) is 10.9 Å². The van der Waals surface area contributed by atoms with E-state index in [1.165, 1.54) is 5.56 Å². The van der Waals surface area contributed by atoms with Crippen LogP contribution in [0, 0.1) is 4.77 Å². The van der Waals surface area contributed by atoms with E-state index in [4.69, 9.17) is 12.2 Å². The van der Waals surface area contributed by atoms with Gasteiger partial charge in [0, 0.05) is 19.5 Å². The van der Waals surface area contributed by atoms with Gasteiger partial charge in [0.25, 0.3) is 5.56 Å². The summed E-state index contributed by atoms with van der Waals surface area (Å²) in [6, 6.07) is 18.0. The maximum absolute atomic E-state index is 12.8. The first-order valence-electron chi connectivity index (χ1n) is 10.7. The van der Waals surface area contributed by atoms with Gasteiger partial charge in [-0.15, -0.1) is 0 Å². The summed E-state index contributed by atoms with van der Waals surface area (Å²) in [6.45, 7) is 1.42. The van der Waals surface area contributed by atoms with Crippen molar-refractivity contribution in [1.29, 1.82) is 0 Å². The first kappa shape index (κ1) is 20.5. The van der Waals surface area contributed by atoms with Gasteiger partial charge in [0.2, 0.25) is 5.91 Å². The van der Waals surface area contributed by atoms with E-state index in [0.717, 1.165) is 44.2 Å². The van der Waals surface area contributed by atoms with Crippen LogP contribution in [0.3, 0.4) is 0 Å². The molecule has 6 heteroatoms. The van der Waals surface area contributed by atoms with E-state index in [2.05, 4.69) is 17.1 Å². The highest BCUT2D eigenvalue weighted by molar-refractivity contribution is 7.71. The summed E-state index contributed by atoms with van der Waals surface area (Å²) in [5, 5.41) is 0.655.